The average Bonchev–Trinajstić information content (AvgIpc) is 3.32. The molecule has 1 aromatic heterocycles. The Bertz CT molecular complexity index is 1390. The molecule has 9 heteroatoms. The molecule has 1 heterocycles. The van der Waals surface area contributed by atoms with E-state index in [1.807, 2.05) is 31.2 Å². The summed E-state index contributed by atoms with van der Waals surface area (Å²) in [5, 5.41) is 5.07. The van der Waals surface area contributed by atoms with Gasteiger partial charge in [-0.25, -0.2) is 23.3 Å². The topological polar surface area (TPSA) is 122 Å². The first-order chi connectivity index (χ1) is 16.3. The van der Waals surface area contributed by atoms with Crippen LogP contribution < -0.4 is 9.88 Å². The normalized spacial score (nSPS) is 11.2. The van der Waals surface area contributed by atoms with Gasteiger partial charge in [-0.1, -0.05) is 42.0 Å². The highest BCUT2D eigenvalue weighted by atomic mass is 32.2. The van der Waals surface area contributed by atoms with Crippen molar-refractivity contribution in [3.8, 4) is 28.5 Å². The summed E-state index contributed by atoms with van der Waals surface area (Å²) in [6.45, 7) is 2.08. The Hall–Kier alpha value is -3.95. The van der Waals surface area contributed by atoms with Crippen LogP contribution in [0.25, 0.3) is 22.8 Å². The monoisotopic (exact) mass is 478 g/mol. The van der Waals surface area contributed by atoms with Crippen LogP contribution in [0.4, 0.5) is 0 Å². The third kappa shape index (κ3) is 5.51. The molecule has 0 aliphatic rings. The molecule has 0 atom stereocenters. The van der Waals surface area contributed by atoms with Crippen LogP contribution in [-0.2, 0) is 14.8 Å². The number of rotatable bonds is 8. The number of sulfonamides is 1. The first kappa shape index (κ1) is 23.2. The molecule has 0 saturated carbocycles. The third-order valence-electron chi connectivity index (χ3n) is 4.96. The van der Waals surface area contributed by atoms with Crippen LogP contribution in [-0.4, -0.2) is 32.6 Å². The highest BCUT2D eigenvalue weighted by Crippen LogP contribution is 2.28. The van der Waals surface area contributed by atoms with Crippen molar-refractivity contribution in [3.05, 3.63) is 90.1 Å². The van der Waals surface area contributed by atoms with Crippen LogP contribution in [0.1, 0.15) is 15.9 Å². The second-order valence-electron chi connectivity index (χ2n) is 7.44. The van der Waals surface area contributed by atoms with Gasteiger partial charge in [0.1, 0.15) is 19.0 Å². The zero-order valence-corrected chi connectivity index (χ0v) is 19.1. The number of hydrogen-bond acceptors (Lipinski definition) is 7. The number of hydrogen-bond donors (Lipinski definition) is 1. The first-order valence-electron chi connectivity index (χ1n) is 10.4. The van der Waals surface area contributed by atoms with E-state index in [0.717, 1.165) is 11.1 Å². The van der Waals surface area contributed by atoms with Crippen LogP contribution in [0.2, 0.25) is 0 Å². The highest BCUT2D eigenvalue weighted by molar-refractivity contribution is 7.89. The molecule has 0 bridgehead atoms. The van der Waals surface area contributed by atoms with E-state index in [0.29, 0.717) is 28.5 Å². The summed E-state index contributed by atoms with van der Waals surface area (Å²) in [6, 6.07) is 20.4. The molecule has 0 saturated heterocycles. The van der Waals surface area contributed by atoms with Crippen LogP contribution in [0.15, 0.2) is 88.3 Å². The Kier molecular flexibility index (Phi) is 6.76. The number of carbonyl (C=O) groups excluding carboxylic acids is 1. The van der Waals surface area contributed by atoms with Gasteiger partial charge in [0.25, 0.3) is 0 Å². The van der Waals surface area contributed by atoms with Gasteiger partial charge in [0, 0.05) is 5.56 Å². The van der Waals surface area contributed by atoms with Gasteiger partial charge in [-0.2, -0.15) is 0 Å². The summed E-state index contributed by atoms with van der Waals surface area (Å²) in [5.74, 6) is 0.792. The number of nitrogens with two attached hydrogens (primary N) is 1. The van der Waals surface area contributed by atoms with Gasteiger partial charge in [0.2, 0.25) is 15.9 Å². The van der Waals surface area contributed by atoms with E-state index >= 15 is 0 Å². The van der Waals surface area contributed by atoms with E-state index in [-0.39, 0.29) is 18.1 Å². The molecule has 2 N–H and O–H groups in total. The SMILES string of the molecule is Cc1ccc(-c2cnc(-c3ccccc3C(=O)OCCOc3ccc(S(N)(=O)=O)cc3)o2)cc1. The zero-order chi connectivity index (χ0) is 24.1. The molecule has 0 aliphatic carbocycles. The maximum atomic E-state index is 12.7. The van der Waals surface area contributed by atoms with Crippen molar-refractivity contribution in [2.24, 2.45) is 5.14 Å². The van der Waals surface area contributed by atoms with Crippen molar-refractivity contribution in [2.75, 3.05) is 13.2 Å². The molecule has 174 valence electrons. The molecule has 0 fully saturated rings. The Morgan fingerprint density at radius 3 is 2.38 bits per heavy atom. The molecule has 0 aliphatic heterocycles. The number of esters is 1. The number of ether oxygens (including phenoxy) is 2. The van der Waals surface area contributed by atoms with E-state index in [2.05, 4.69) is 4.98 Å². The number of benzene rings is 3. The summed E-state index contributed by atoms with van der Waals surface area (Å²) >= 11 is 0. The fourth-order valence-electron chi connectivity index (χ4n) is 3.19. The minimum Gasteiger partial charge on any atom is -0.490 e. The van der Waals surface area contributed by atoms with E-state index in [4.69, 9.17) is 19.0 Å². The lowest BCUT2D eigenvalue weighted by Crippen LogP contribution is -2.14. The van der Waals surface area contributed by atoms with Crippen LogP contribution in [0, 0.1) is 6.92 Å². The Balaban J connectivity index is 1.39. The van der Waals surface area contributed by atoms with Gasteiger partial charge in [-0.3, -0.25) is 0 Å². The minimum absolute atomic E-state index is 0.00962. The minimum atomic E-state index is -3.77. The Morgan fingerprint density at radius 2 is 1.68 bits per heavy atom. The number of aromatic nitrogens is 1. The van der Waals surface area contributed by atoms with E-state index in [9.17, 15) is 13.2 Å². The zero-order valence-electron chi connectivity index (χ0n) is 18.3. The van der Waals surface area contributed by atoms with Crippen molar-refractivity contribution >= 4 is 16.0 Å². The van der Waals surface area contributed by atoms with Crippen molar-refractivity contribution < 1.29 is 27.1 Å². The Morgan fingerprint density at radius 1 is 0.971 bits per heavy atom. The van der Waals surface area contributed by atoms with Gasteiger partial charge in [-0.15, -0.1) is 0 Å². The number of nitrogens with zero attached hydrogens (tertiary/aromatic N) is 1. The quantitative estimate of drug-likeness (QED) is 0.297. The standard InChI is InChI=1S/C25H22N2O6S/c1-17-6-8-18(9-7-17)23-16-27-24(33-23)21-4-2-3-5-22(21)25(28)32-15-14-31-19-10-12-20(13-11-19)34(26,29)30/h2-13,16H,14-15H2,1H3,(H2,26,29,30). The average molecular weight is 479 g/mol. The molecule has 0 spiro atoms. The summed E-state index contributed by atoms with van der Waals surface area (Å²) in [6.07, 6.45) is 1.62. The summed E-state index contributed by atoms with van der Waals surface area (Å²) < 4.78 is 39.3. The van der Waals surface area contributed by atoms with Gasteiger partial charge in [0.05, 0.1) is 22.2 Å². The van der Waals surface area contributed by atoms with Crippen LogP contribution in [0.5, 0.6) is 5.75 Å². The van der Waals surface area contributed by atoms with Crippen molar-refractivity contribution in [1.29, 1.82) is 0 Å². The number of primary sulfonamides is 1. The predicted octanol–water partition coefficient (Wildman–Crippen LogP) is 4.20. The van der Waals surface area contributed by atoms with Gasteiger partial charge in [-0.05, 0) is 43.3 Å². The Labute approximate surface area is 197 Å². The smallest absolute Gasteiger partial charge is 0.339 e. The number of aryl methyl sites for hydroxylation is 1. The lowest BCUT2D eigenvalue weighted by molar-refractivity contribution is 0.0451. The van der Waals surface area contributed by atoms with Gasteiger partial charge >= 0.3 is 5.97 Å². The molecule has 4 rings (SSSR count). The second-order valence-corrected chi connectivity index (χ2v) is 9.00. The summed E-state index contributed by atoms with van der Waals surface area (Å²) in [4.78, 5) is 17.0. The molecular weight excluding hydrogens is 456 g/mol. The number of carbonyl (C=O) groups is 1. The molecule has 4 aromatic rings. The predicted molar refractivity (Wildman–Crippen MR) is 126 cm³/mol. The molecule has 3 aromatic carbocycles. The highest BCUT2D eigenvalue weighted by Gasteiger charge is 2.18. The molecule has 0 unspecified atom stereocenters. The molecular formula is C25H22N2O6S. The van der Waals surface area contributed by atoms with Crippen LogP contribution >= 0.6 is 0 Å². The van der Waals surface area contributed by atoms with Gasteiger partial charge in [0.15, 0.2) is 5.76 Å². The van der Waals surface area contributed by atoms with E-state index < -0.39 is 16.0 Å². The lowest BCUT2D eigenvalue weighted by atomic mass is 10.1. The molecule has 0 amide bonds. The fourth-order valence-corrected chi connectivity index (χ4v) is 3.71. The molecule has 8 nitrogen and oxygen atoms in total. The van der Waals surface area contributed by atoms with E-state index in [1.165, 1.54) is 24.3 Å². The third-order valence-corrected chi connectivity index (χ3v) is 5.89. The molecule has 34 heavy (non-hydrogen) atoms. The maximum absolute atomic E-state index is 12.7. The van der Waals surface area contributed by atoms with E-state index in [1.54, 1.807) is 30.5 Å². The number of oxazole rings is 1. The van der Waals surface area contributed by atoms with Crippen molar-refractivity contribution in [3.63, 3.8) is 0 Å². The summed E-state index contributed by atoms with van der Waals surface area (Å²) in [7, 11) is -3.77. The summed E-state index contributed by atoms with van der Waals surface area (Å²) in [5.41, 5.74) is 2.86. The molecule has 0 radical (unpaired) electrons. The second kappa shape index (κ2) is 9.90. The fraction of sp³-hybridized carbons (Fsp3) is 0.120. The van der Waals surface area contributed by atoms with Gasteiger partial charge < -0.3 is 13.9 Å². The van der Waals surface area contributed by atoms with Crippen LogP contribution in [0.3, 0.4) is 0 Å². The lowest BCUT2D eigenvalue weighted by Gasteiger charge is -2.09. The van der Waals surface area contributed by atoms with Crippen molar-refractivity contribution in [2.45, 2.75) is 11.8 Å². The maximum Gasteiger partial charge on any atom is 0.339 e. The first-order valence-corrected chi connectivity index (χ1v) is 11.9. The van der Waals surface area contributed by atoms with Crippen molar-refractivity contribution in [1.82, 2.24) is 4.98 Å². The largest absolute Gasteiger partial charge is 0.490 e.